The van der Waals surface area contributed by atoms with E-state index >= 15 is 0 Å². The number of para-hydroxylation sites is 1. The van der Waals surface area contributed by atoms with E-state index in [-0.39, 0.29) is 13.0 Å². The van der Waals surface area contributed by atoms with Gasteiger partial charge in [0.25, 0.3) is 0 Å². The molecule has 6 heteroatoms. The van der Waals surface area contributed by atoms with Crippen LogP contribution in [0.2, 0.25) is 0 Å². The van der Waals surface area contributed by atoms with Gasteiger partial charge in [-0.05, 0) is 12.1 Å². The number of anilines is 1. The zero-order valence-corrected chi connectivity index (χ0v) is 10.0. The topological polar surface area (TPSA) is 89.9 Å². The lowest BCUT2D eigenvalue weighted by Gasteiger charge is -2.21. The van der Waals surface area contributed by atoms with E-state index in [1.807, 2.05) is 6.07 Å². The predicted molar refractivity (Wildman–Crippen MR) is 66.5 cm³/mol. The van der Waals surface area contributed by atoms with Gasteiger partial charge in [0.15, 0.2) is 0 Å². The molecule has 0 radical (unpaired) electrons. The van der Waals surface area contributed by atoms with E-state index in [1.165, 1.54) is 4.90 Å². The molecule has 6 nitrogen and oxygen atoms in total. The Balaban J connectivity index is 2.67. The normalized spacial score (nSPS) is 11.7. The van der Waals surface area contributed by atoms with Crippen LogP contribution in [0.1, 0.15) is 6.42 Å². The molecule has 1 atom stereocenters. The van der Waals surface area contributed by atoms with E-state index in [4.69, 9.17) is 10.2 Å². The molecule has 0 heterocycles. The fourth-order valence-corrected chi connectivity index (χ4v) is 1.40. The molecule has 1 aromatic carbocycles. The minimum absolute atomic E-state index is 0.0241. The van der Waals surface area contributed by atoms with E-state index in [0.717, 1.165) is 0 Å². The standard InChI is InChI=1S/C12H16N2O4/c1-14(9-5-3-2-4-6-9)12(18)13-10(7-8-15)11(16)17/h2-6,10,15H,7-8H2,1H3,(H,13,18)(H,16,17)/t10-/m1/s1. The van der Waals surface area contributed by atoms with Crippen molar-refractivity contribution in [3.63, 3.8) is 0 Å². The minimum atomic E-state index is -1.17. The van der Waals surface area contributed by atoms with Crippen LogP contribution in [0.25, 0.3) is 0 Å². The number of aliphatic carboxylic acids is 1. The van der Waals surface area contributed by atoms with Crippen LogP contribution in [0.5, 0.6) is 0 Å². The maximum Gasteiger partial charge on any atom is 0.326 e. The Labute approximate surface area is 105 Å². The molecule has 98 valence electrons. The van der Waals surface area contributed by atoms with Crippen LogP contribution in [0, 0.1) is 0 Å². The van der Waals surface area contributed by atoms with Gasteiger partial charge in [0.2, 0.25) is 0 Å². The van der Waals surface area contributed by atoms with Crippen LogP contribution in [-0.4, -0.2) is 41.9 Å². The molecule has 1 aromatic rings. The summed E-state index contributed by atoms with van der Waals surface area (Å²) in [7, 11) is 1.54. The number of urea groups is 1. The molecule has 0 spiro atoms. The number of carbonyl (C=O) groups is 2. The molecule has 1 rings (SSSR count). The van der Waals surface area contributed by atoms with Crippen molar-refractivity contribution in [1.82, 2.24) is 5.32 Å². The van der Waals surface area contributed by atoms with Gasteiger partial charge in [-0.2, -0.15) is 0 Å². The third kappa shape index (κ3) is 3.74. The number of aliphatic hydroxyl groups is 1. The Kier molecular flexibility index (Phi) is 5.13. The van der Waals surface area contributed by atoms with E-state index in [1.54, 1.807) is 31.3 Å². The number of aliphatic hydroxyl groups excluding tert-OH is 1. The second-order valence-corrected chi connectivity index (χ2v) is 3.75. The maximum atomic E-state index is 11.8. The second-order valence-electron chi connectivity index (χ2n) is 3.75. The Morgan fingerprint density at radius 3 is 2.44 bits per heavy atom. The van der Waals surface area contributed by atoms with Gasteiger partial charge in [0.1, 0.15) is 6.04 Å². The summed E-state index contributed by atoms with van der Waals surface area (Å²) in [5, 5.41) is 19.9. The number of nitrogens with one attached hydrogen (secondary N) is 1. The van der Waals surface area contributed by atoms with Gasteiger partial charge in [-0.25, -0.2) is 9.59 Å². The highest BCUT2D eigenvalue weighted by atomic mass is 16.4. The Morgan fingerprint density at radius 2 is 1.94 bits per heavy atom. The van der Waals surface area contributed by atoms with Crippen molar-refractivity contribution in [1.29, 1.82) is 0 Å². The lowest BCUT2D eigenvalue weighted by Crippen LogP contribution is -2.47. The monoisotopic (exact) mass is 252 g/mol. The van der Waals surface area contributed by atoms with Gasteiger partial charge in [0.05, 0.1) is 0 Å². The first-order valence-electron chi connectivity index (χ1n) is 5.49. The average molecular weight is 252 g/mol. The quantitative estimate of drug-likeness (QED) is 0.718. The van der Waals surface area contributed by atoms with Crippen molar-refractivity contribution in [3.05, 3.63) is 30.3 Å². The molecule has 0 saturated heterocycles. The van der Waals surface area contributed by atoms with Crippen LogP contribution in [-0.2, 0) is 4.79 Å². The van der Waals surface area contributed by atoms with Crippen LogP contribution in [0.4, 0.5) is 10.5 Å². The van der Waals surface area contributed by atoms with Crippen LogP contribution in [0.15, 0.2) is 30.3 Å². The Hall–Kier alpha value is -2.08. The molecule has 18 heavy (non-hydrogen) atoms. The summed E-state index contributed by atoms with van der Waals surface area (Å²) in [4.78, 5) is 24.0. The van der Waals surface area contributed by atoms with Gasteiger partial charge < -0.3 is 15.5 Å². The fraction of sp³-hybridized carbons (Fsp3) is 0.333. The van der Waals surface area contributed by atoms with E-state index in [2.05, 4.69) is 5.32 Å². The molecule has 0 unspecified atom stereocenters. The number of carboxylic acids is 1. The number of nitrogens with zero attached hydrogens (tertiary/aromatic N) is 1. The van der Waals surface area contributed by atoms with Crippen LogP contribution >= 0.6 is 0 Å². The Bertz CT molecular complexity index is 408. The third-order valence-electron chi connectivity index (χ3n) is 2.46. The summed E-state index contributed by atoms with van der Waals surface area (Å²) >= 11 is 0. The first-order valence-corrected chi connectivity index (χ1v) is 5.49. The zero-order valence-electron chi connectivity index (χ0n) is 10.0. The van der Waals surface area contributed by atoms with Crippen molar-refractivity contribution in [3.8, 4) is 0 Å². The summed E-state index contributed by atoms with van der Waals surface area (Å²) in [6.45, 7) is -0.299. The highest BCUT2D eigenvalue weighted by Gasteiger charge is 2.21. The first-order chi connectivity index (χ1) is 8.56. The van der Waals surface area contributed by atoms with Crippen molar-refractivity contribution in [2.24, 2.45) is 0 Å². The number of hydrogen-bond donors (Lipinski definition) is 3. The minimum Gasteiger partial charge on any atom is -0.480 e. The third-order valence-corrected chi connectivity index (χ3v) is 2.46. The van der Waals surface area contributed by atoms with Gasteiger partial charge in [0, 0.05) is 25.8 Å². The molecule has 0 aliphatic heterocycles. The lowest BCUT2D eigenvalue weighted by atomic mass is 10.2. The summed E-state index contributed by atoms with van der Waals surface area (Å²) in [5.74, 6) is -1.17. The molecule has 0 aliphatic rings. The summed E-state index contributed by atoms with van der Waals surface area (Å²) in [5.41, 5.74) is 0.656. The van der Waals surface area contributed by atoms with E-state index in [9.17, 15) is 9.59 Å². The molecule has 3 N–H and O–H groups in total. The first kappa shape index (κ1) is 14.0. The van der Waals surface area contributed by atoms with E-state index in [0.29, 0.717) is 5.69 Å². The molecule has 0 aliphatic carbocycles. The average Bonchev–Trinajstić information content (AvgIpc) is 2.38. The molecule has 0 saturated carbocycles. The van der Waals surface area contributed by atoms with Crippen molar-refractivity contribution in [2.45, 2.75) is 12.5 Å². The number of amides is 2. The van der Waals surface area contributed by atoms with Crippen molar-refractivity contribution in [2.75, 3.05) is 18.6 Å². The van der Waals surface area contributed by atoms with Crippen LogP contribution < -0.4 is 10.2 Å². The highest BCUT2D eigenvalue weighted by molar-refractivity contribution is 5.93. The van der Waals surface area contributed by atoms with Gasteiger partial charge in [-0.3, -0.25) is 4.90 Å². The van der Waals surface area contributed by atoms with Gasteiger partial charge in [-0.15, -0.1) is 0 Å². The fourth-order valence-electron chi connectivity index (χ4n) is 1.40. The SMILES string of the molecule is CN(C(=O)N[C@H](CCO)C(=O)O)c1ccccc1. The molecule has 2 amide bonds. The van der Waals surface area contributed by atoms with Gasteiger partial charge >= 0.3 is 12.0 Å². The number of carboxylic acid groups (broad SMARTS) is 1. The second kappa shape index (κ2) is 6.61. The molecule has 0 bridgehead atoms. The number of hydrogen-bond acceptors (Lipinski definition) is 3. The summed E-state index contributed by atoms with van der Waals surface area (Å²) in [6, 6.07) is 7.24. The predicted octanol–water partition coefficient (Wildman–Crippen LogP) is 0.668. The number of rotatable bonds is 5. The summed E-state index contributed by atoms with van der Waals surface area (Å²) in [6.07, 6.45) is -0.0241. The molecular formula is C12H16N2O4. The lowest BCUT2D eigenvalue weighted by molar-refractivity contribution is -0.139. The smallest absolute Gasteiger partial charge is 0.326 e. The zero-order chi connectivity index (χ0) is 13.5. The largest absolute Gasteiger partial charge is 0.480 e. The number of carbonyl (C=O) groups excluding carboxylic acids is 1. The summed E-state index contributed by atoms with van der Waals surface area (Å²) < 4.78 is 0. The molecule has 0 aromatic heterocycles. The maximum absolute atomic E-state index is 11.8. The van der Waals surface area contributed by atoms with Gasteiger partial charge in [-0.1, -0.05) is 18.2 Å². The van der Waals surface area contributed by atoms with Crippen LogP contribution in [0.3, 0.4) is 0 Å². The number of benzene rings is 1. The molecule has 0 fully saturated rings. The Morgan fingerprint density at radius 1 is 1.33 bits per heavy atom. The van der Waals surface area contributed by atoms with Crippen molar-refractivity contribution >= 4 is 17.7 Å². The molecular weight excluding hydrogens is 236 g/mol. The van der Waals surface area contributed by atoms with E-state index < -0.39 is 18.0 Å². The van der Waals surface area contributed by atoms with Crippen molar-refractivity contribution < 1.29 is 19.8 Å². The highest BCUT2D eigenvalue weighted by Crippen LogP contribution is 2.11.